The molecule has 1 aliphatic heterocycles. The SMILES string of the molecule is CNCc1cccc(C2C=CC(=CC3SC(=O)NC3=O)C=C2)c1. The molecule has 1 unspecified atom stereocenters. The van der Waals surface area contributed by atoms with Crippen molar-refractivity contribution in [3.05, 3.63) is 71.3 Å². The second-order valence-electron chi connectivity index (χ2n) is 5.50. The summed E-state index contributed by atoms with van der Waals surface area (Å²) in [5.74, 6) is -0.00756. The molecule has 1 aromatic carbocycles. The van der Waals surface area contributed by atoms with Crippen LogP contribution in [-0.2, 0) is 11.3 Å². The fraction of sp³-hybridized carbons (Fsp3) is 0.222. The molecule has 1 saturated heterocycles. The van der Waals surface area contributed by atoms with Crippen molar-refractivity contribution in [3.63, 3.8) is 0 Å². The van der Waals surface area contributed by atoms with Crippen LogP contribution in [0.4, 0.5) is 4.79 Å². The second-order valence-corrected chi connectivity index (χ2v) is 6.62. The van der Waals surface area contributed by atoms with E-state index in [-0.39, 0.29) is 17.1 Å². The summed E-state index contributed by atoms with van der Waals surface area (Å²) in [6, 6.07) is 8.49. The van der Waals surface area contributed by atoms with Crippen molar-refractivity contribution in [3.8, 4) is 0 Å². The van der Waals surface area contributed by atoms with Crippen molar-refractivity contribution < 1.29 is 9.59 Å². The van der Waals surface area contributed by atoms with Gasteiger partial charge in [0, 0.05) is 12.5 Å². The molecule has 1 aliphatic carbocycles. The number of carbonyl (C=O) groups excluding carboxylic acids is 2. The highest BCUT2D eigenvalue weighted by molar-refractivity contribution is 8.15. The number of nitrogens with one attached hydrogen (secondary N) is 2. The number of hydrogen-bond acceptors (Lipinski definition) is 4. The zero-order valence-corrected chi connectivity index (χ0v) is 13.6. The van der Waals surface area contributed by atoms with Gasteiger partial charge in [0.25, 0.3) is 5.24 Å². The Morgan fingerprint density at radius 2 is 2.04 bits per heavy atom. The number of benzene rings is 1. The van der Waals surface area contributed by atoms with Gasteiger partial charge in [0.05, 0.1) is 0 Å². The summed E-state index contributed by atoms with van der Waals surface area (Å²) in [5, 5.41) is 4.75. The van der Waals surface area contributed by atoms with Gasteiger partial charge in [0.15, 0.2) is 0 Å². The van der Waals surface area contributed by atoms with Crippen LogP contribution in [0.3, 0.4) is 0 Å². The molecule has 0 aromatic heterocycles. The lowest BCUT2D eigenvalue weighted by atomic mass is 9.92. The Hall–Kier alpha value is -2.11. The van der Waals surface area contributed by atoms with E-state index in [1.807, 2.05) is 25.3 Å². The first kappa shape index (κ1) is 15.8. The average molecular weight is 326 g/mol. The van der Waals surface area contributed by atoms with Gasteiger partial charge in [-0.05, 0) is 35.5 Å². The number of imide groups is 1. The largest absolute Gasteiger partial charge is 0.316 e. The normalized spacial score (nSPS) is 23.3. The second kappa shape index (κ2) is 6.98. The molecule has 23 heavy (non-hydrogen) atoms. The lowest BCUT2D eigenvalue weighted by Gasteiger charge is -2.14. The summed E-state index contributed by atoms with van der Waals surface area (Å²) in [5.41, 5.74) is 3.45. The standard InChI is InChI=1S/C18H18N2O2S/c1-19-11-13-3-2-4-15(9-13)14-7-5-12(6-8-14)10-16-17(21)20-18(22)23-16/h2-10,14,16,19H,11H2,1H3,(H,20,21,22). The maximum Gasteiger partial charge on any atom is 0.286 e. The van der Waals surface area contributed by atoms with Crippen LogP contribution < -0.4 is 10.6 Å². The predicted octanol–water partition coefficient (Wildman–Crippen LogP) is 2.89. The third kappa shape index (κ3) is 3.81. The average Bonchev–Trinajstić information content (AvgIpc) is 2.86. The quantitative estimate of drug-likeness (QED) is 0.893. The van der Waals surface area contributed by atoms with E-state index in [0.717, 1.165) is 23.9 Å². The van der Waals surface area contributed by atoms with Crippen LogP contribution in [0.1, 0.15) is 17.0 Å². The first-order valence-corrected chi connectivity index (χ1v) is 8.37. The molecule has 0 spiro atoms. The Morgan fingerprint density at radius 1 is 1.26 bits per heavy atom. The third-order valence-electron chi connectivity index (χ3n) is 3.77. The van der Waals surface area contributed by atoms with E-state index in [2.05, 4.69) is 47.1 Å². The maximum atomic E-state index is 11.6. The number of rotatable bonds is 4. The van der Waals surface area contributed by atoms with Gasteiger partial charge in [-0.15, -0.1) is 0 Å². The van der Waals surface area contributed by atoms with Crippen molar-refractivity contribution in [1.29, 1.82) is 0 Å². The number of hydrogen-bond donors (Lipinski definition) is 2. The van der Waals surface area contributed by atoms with E-state index in [0.29, 0.717) is 0 Å². The zero-order chi connectivity index (χ0) is 16.2. The lowest BCUT2D eigenvalue weighted by Crippen LogP contribution is -2.23. The van der Waals surface area contributed by atoms with Crippen LogP contribution in [0, 0.1) is 0 Å². The Balaban J connectivity index is 1.71. The van der Waals surface area contributed by atoms with E-state index in [1.54, 1.807) is 0 Å². The molecule has 4 nitrogen and oxygen atoms in total. The molecule has 3 rings (SSSR count). The van der Waals surface area contributed by atoms with Gasteiger partial charge >= 0.3 is 0 Å². The van der Waals surface area contributed by atoms with Gasteiger partial charge in [0.1, 0.15) is 5.25 Å². The molecule has 0 saturated carbocycles. The highest BCUT2D eigenvalue weighted by atomic mass is 32.2. The molecule has 1 atom stereocenters. The number of thioether (sulfide) groups is 1. The minimum atomic E-state index is -0.428. The topological polar surface area (TPSA) is 58.2 Å². The molecule has 1 aromatic rings. The molecule has 0 radical (unpaired) electrons. The van der Waals surface area contributed by atoms with E-state index in [4.69, 9.17) is 0 Å². The Kier molecular flexibility index (Phi) is 4.79. The fourth-order valence-electron chi connectivity index (χ4n) is 2.65. The molecule has 0 bridgehead atoms. The fourth-order valence-corrected chi connectivity index (χ4v) is 3.43. The van der Waals surface area contributed by atoms with E-state index in [1.165, 1.54) is 11.1 Å². The first-order valence-electron chi connectivity index (χ1n) is 7.49. The number of amides is 2. The van der Waals surface area contributed by atoms with E-state index in [9.17, 15) is 9.59 Å². The molecule has 1 fully saturated rings. The van der Waals surface area contributed by atoms with Crippen LogP contribution >= 0.6 is 11.8 Å². The van der Waals surface area contributed by atoms with Gasteiger partial charge in [-0.2, -0.15) is 0 Å². The van der Waals surface area contributed by atoms with Gasteiger partial charge in [-0.3, -0.25) is 14.9 Å². The highest BCUT2D eigenvalue weighted by Gasteiger charge is 2.29. The van der Waals surface area contributed by atoms with Gasteiger partial charge in [0.2, 0.25) is 5.91 Å². The summed E-state index contributed by atoms with van der Waals surface area (Å²) in [6.45, 7) is 0.848. The molecule has 118 valence electrons. The van der Waals surface area contributed by atoms with Crippen LogP contribution in [0.15, 0.2) is 60.2 Å². The molecule has 2 amide bonds. The molecule has 2 aliphatic rings. The smallest absolute Gasteiger partial charge is 0.286 e. The summed E-state index contributed by atoms with van der Waals surface area (Å²) >= 11 is 1.02. The number of allylic oxidation sites excluding steroid dienone is 5. The molecular formula is C18H18N2O2S. The van der Waals surface area contributed by atoms with Gasteiger partial charge < -0.3 is 5.32 Å². The molecule has 1 heterocycles. The van der Waals surface area contributed by atoms with E-state index < -0.39 is 5.25 Å². The summed E-state index contributed by atoms with van der Waals surface area (Å²) < 4.78 is 0. The Bertz CT molecular complexity index is 705. The van der Waals surface area contributed by atoms with Crippen molar-refractivity contribution >= 4 is 22.9 Å². The predicted molar refractivity (Wildman–Crippen MR) is 93.2 cm³/mol. The van der Waals surface area contributed by atoms with Crippen molar-refractivity contribution in [1.82, 2.24) is 10.6 Å². The molecule has 5 heteroatoms. The zero-order valence-electron chi connectivity index (χ0n) is 12.8. The summed E-state index contributed by atoms with van der Waals surface area (Å²) in [4.78, 5) is 22.8. The van der Waals surface area contributed by atoms with E-state index >= 15 is 0 Å². The summed E-state index contributed by atoms with van der Waals surface area (Å²) in [7, 11) is 1.94. The Morgan fingerprint density at radius 3 is 2.70 bits per heavy atom. The van der Waals surface area contributed by atoms with Gasteiger partial charge in [-0.1, -0.05) is 54.6 Å². The lowest BCUT2D eigenvalue weighted by molar-refractivity contribution is -0.118. The third-order valence-corrected chi connectivity index (χ3v) is 4.69. The minimum Gasteiger partial charge on any atom is -0.316 e. The van der Waals surface area contributed by atoms with Crippen LogP contribution in [0.25, 0.3) is 0 Å². The first-order chi connectivity index (χ1) is 11.2. The van der Waals surface area contributed by atoms with Crippen molar-refractivity contribution in [2.75, 3.05) is 7.05 Å². The van der Waals surface area contributed by atoms with Crippen molar-refractivity contribution in [2.45, 2.75) is 17.7 Å². The maximum absolute atomic E-state index is 11.6. The Labute approximate surface area is 139 Å². The monoisotopic (exact) mass is 326 g/mol. The van der Waals surface area contributed by atoms with Crippen molar-refractivity contribution in [2.24, 2.45) is 0 Å². The highest BCUT2D eigenvalue weighted by Crippen LogP contribution is 2.27. The van der Waals surface area contributed by atoms with Crippen LogP contribution in [0.5, 0.6) is 0 Å². The van der Waals surface area contributed by atoms with Crippen LogP contribution in [0.2, 0.25) is 0 Å². The van der Waals surface area contributed by atoms with Gasteiger partial charge in [-0.25, -0.2) is 0 Å². The van der Waals surface area contributed by atoms with Crippen LogP contribution in [-0.4, -0.2) is 23.4 Å². The minimum absolute atomic E-state index is 0.232. The molecule has 2 N–H and O–H groups in total. The summed E-state index contributed by atoms with van der Waals surface area (Å²) in [6.07, 6.45) is 10.1. The molecular weight excluding hydrogens is 308 g/mol. The number of carbonyl (C=O) groups is 2.